The Morgan fingerprint density at radius 1 is 1.10 bits per heavy atom. The normalized spacial score (nSPS) is 15.5. The number of carbonyl (C=O) groups excluding carboxylic acids is 1. The van der Waals surface area contributed by atoms with E-state index < -0.39 is 11.9 Å². The van der Waals surface area contributed by atoms with E-state index in [-0.39, 0.29) is 11.9 Å². The summed E-state index contributed by atoms with van der Waals surface area (Å²) in [5.74, 6) is -1.74. The number of hydrogen-bond acceptors (Lipinski definition) is 6. The van der Waals surface area contributed by atoms with Crippen LogP contribution in [0.25, 0.3) is 0 Å². The lowest BCUT2D eigenvalue weighted by Gasteiger charge is -2.28. The number of fused-ring (bicyclic) bond motifs is 1. The Morgan fingerprint density at radius 2 is 1.74 bits per heavy atom. The Hall–Kier alpha value is -3.04. The van der Waals surface area contributed by atoms with E-state index in [0.717, 1.165) is 23.6 Å². The largest absolute Gasteiger partial charge is 0.497 e. The second-order valence-corrected chi connectivity index (χ2v) is 8.02. The molecular weight excluding hydrogens is 420 g/mol. The number of amides is 1. The van der Waals surface area contributed by atoms with Crippen molar-refractivity contribution in [3.63, 3.8) is 0 Å². The third-order valence-corrected chi connectivity index (χ3v) is 5.62. The van der Waals surface area contributed by atoms with Gasteiger partial charge in [0.15, 0.2) is 0 Å². The maximum atomic E-state index is 12.3. The Morgan fingerprint density at radius 3 is 2.35 bits per heavy atom. The van der Waals surface area contributed by atoms with Crippen molar-refractivity contribution in [2.24, 2.45) is 0 Å². The number of aliphatic carboxylic acids is 2. The van der Waals surface area contributed by atoms with E-state index in [9.17, 15) is 4.79 Å². The number of carboxylic acid groups (broad SMARTS) is 2. The number of carbonyl (C=O) groups is 3. The summed E-state index contributed by atoms with van der Waals surface area (Å²) in [5.41, 5.74) is 2.14. The van der Waals surface area contributed by atoms with Gasteiger partial charge in [0.1, 0.15) is 5.75 Å². The zero-order valence-corrected chi connectivity index (χ0v) is 18.1. The van der Waals surface area contributed by atoms with Crippen LogP contribution in [0.4, 0.5) is 5.69 Å². The van der Waals surface area contributed by atoms with Crippen molar-refractivity contribution in [1.82, 2.24) is 5.32 Å². The quantitative estimate of drug-likeness (QED) is 0.498. The van der Waals surface area contributed by atoms with Gasteiger partial charge in [-0.3, -0.25) is 4.79 Å². The minimum absolute atomic E-state index is 0.0173. The zero-order chi connectivity index (χ0) is 22.8. The molecular formula is C22H26N2O6S. The SMILES string of the molecule is COc1ccc(NC(=O)CC(C)NC2CCSc3ccccc32)cc1.O=C(O)C(=O)O. The summed E-state index contributed by atoms with van der Waals surface area (Å²) in [7, 11) is 1.63. The van der Waals surface area contributed by atoms with Crippen molar-refractivity contribution >= 4 is 35.3 Å². The number of anilines is 1. The molecule has 1 amide bonds. The summed E-state index contributed by atoms with van der Waals surface area (Å²) in [6.07, 6.45) is 1.53. The molecule has 2 atom stereocenters. The minimum atomic E-state index is -1.82. The first-order valence-electron chi connectivity index (χ1n) is 9.68. The average Bonchev–Trinajstić information content (AvgIpc) is 2.74. The molecule has 2 unspecified atom stereocenters. The van der Waals surface area contributed by atoms with E-state index >= 15 is 0 Å². The lowest BCUT2D eigenvalue weighted by atomic mass is 10.0. The Bertz CT molecular complexity index is 891. The summed E-state index contributed by atoms with van der Waals surface area (Å²) in [6, 6.07) is 16.3. The molecule has 0 bridgehead atoms. The van der Waals surface area contributed by atoms with Crippen molar-refractivity contribution in [3.8, 4) is 5.75 Å². The number of methoxy groups -OCH3 is 1. The van der Waals surface area contributed by atoms with Gasteiger partial charge in [0.05, 0.1) is 7.11 Å². The molecule has 3 rings (SSSR count). The molecule has 9 heteroatoms. The van der Waals surface area contributed by atoms with Gasteiger partial charge in [0.2, 0.25) is 5.91 Å². The van der Waals surface area contributed by atoms with Gasteiger partial charge in [-0.2, -0.15) is 0 Å². The highest BCUT2D eigenvalue weighted by molar-refractivity contribution is 7.99. The van der Waals surface area contributed by atoms with Crippen molar-refractivity contribution in [3.05, 3.63) is 54.1 Å². The highest BCUT2D eigenvalue weighted by atomic mass is 32.2. The van der Waals surface area contributed by atoms with E-state index in [1.165, 1.54) is 10.5 Å². The van der Waals surface area contributed by atoms with Gasteiger partial charge in [-0.05, 0) is 55.0 Å². The average molecular weight is 447 g/mol. The van der Waals surface area contributed by atoms with Crippen LogP contribution in [0.3, 0.4) is 0 Å². The van der Waals surface area contributed by atoms with Crippen molar-refractivity contribution in [2.45, 2.75) is 36.7 Å². The number of thioether (sulfide) groups is 1. The van der Waals surface area contributed by atoms with Gasteiger partial charge in [-0.15, -0.1) is 11.8 Å². The summed E-state index contributed by atoms with van der Waals surface area (Å²) in [5, 5.41) is 21.3. The Balaban J connectivity index is 0.000000501. The molecule has 1 heterocycles. The third-order valence-electron chi connectivity index (χ3n) is 4.49. The van der Waals surface area contributed by atoms with Crippen LogP contribution in [0.2, 0.25) is 0 Å². The van der Waals surface area contributed by atoms with Crippen LogP contribution in [-0.2, 0) is 14.4 Å². The van der Waals surface area contributed by atoms with Crippen LogP contribution < -0.4 is 15.4 Å². The van der Waals surface area contributed by atoms with Gasteiger partial charge in [0.25, 0.3) is 0 Å². The summed E-state index contributed by atoms with van der Waals surface area (Å²) in [4.78, 5) is 31.8. The van der Waals surface area contributed by atoms with Crippen LogP contribution in [-0.4, -0.2) is 47.0 Å². The molecule has 4 N–H and O–H groups in total. The predicted octanol–water partition coefficient (Wildman–Crippen LogP) is 3.39. The number of carboxylic acids is 2. The molecule has 1 aliphatic rings. The molecule has 0 spiro atoms. The lowest BCUT2D eigenvalue weighted by Crippen LogP contribution is -2.35. The van der Waals surface area contributed by atoms with E-state index in [2.05, 4.69) is 41.8 Å². The Kier molecular flexibility index (Phi) is 9.36. The lowest BCUT2D eigenvalue weighted by molar-refractivity contribution is -0.159. The first-order chi connectivity index (χ1) is 14.8. The molecule has 0 radical (unpaired) electrons. The van der Waals surface area contributed by atoms with Crippen LogP contribution in [0.5, 0.6) is 5.75 Å². The number of rotatable bonds is 6. The first-order valence-corrected chi connectivity index (χ1v) is 10.7. The van der Waals surface area contributed by atoms with Crippen molar-refractivity contribution in [1.29, 1.82) is 0 Å². The smallest absolute Gasteiger partial charge is 0.414 e. The fraction of sp³-hybridized carbons (Fsp3) is 0.318. The molecule has 2 aromatic carbocycles. The highest BCUT2D eigenvalue weighted by Gasteiger charge is 2.22. The fourth-order valence-corrected chi connectivity index (χ4v) is 4.21. The van der Waals surface area contributed by atoms with Crippen LogP contribution in [0.15, 0.2) is 53.4 Å². The summed E-state index contributed by atoms with van der Waals surface area (Å²) < 4.78 is 5.13. The van der Waals surface area contributed by atoms with E-state index in [1.807, 2.05) is 36.0 Å². The minimum Gasteiger partial charge on any atom is -0.497 e. The van der Waals surface area contributed by atoms with Gasteiger partial charge in [0, 0.05) is 29.1 Å². The molecule has 8 nitrogen and oxygen atoms in total. The standard InChI is InChI=1S/C20H24N2O2S.C2H2O4/c1-14(13-20(23)22-15-7-9-16(24-2)10-8-15)21-18-11-12-25-19-6-4-3-5-17(18)19;3-1(4)2(5)6/h3-10,14,18,21H,11-13H2,1-2H3,(H,22,23);(H,3,4)(H,5,6). The molecule has 0 aromatic heterocycles. The maximum Gasteiger partial charge on any atom is 0.414 e. The van der Waals surface area contributed by atoms with E-state index in [4.69, 9.17) is 24.5 Å². The second-order valence-electron chi connectivity index (χ2n) is 6.89. The first kappa shape index (κ1) is 24.2. The number of ether oxygens (including phenoxy) is 1. The third kappa shape index (κ3) is 7.95. The van der Waals surface area contributed by atoms with E-state index in [1.54, 1.807) is 7.11 Å². The monoisotopic (exact) mass is 446 g/mol. The second kappa shape index (κ2) is 12.0. The number of benzene rings is 2. The Labute approximate surface area is 185 Å². The van der Waals surface area contributed by atoms with Crippen LogP contribution >= 0.6 is 11.8 Å². The summed E-state index contributed by atoms with van der Waals surface area (Å²) in [6.45, 7) is 2.07. The number of hydrogen-bond donors (Lipinski definition) is 4. The fourth-order valence-electron chi connectivity index (χ4n) is 3.08. The van der Waals surface area contributed by atoms with E-state index in [0.29, 0.717) is 12.5 Å². The predicted molar refractivity (Wildman–Crippen MR) is 119 cm³/mol. The summed E-state index contributed by atoms with van der Waals surface area (Å²) >= 11 is 1.91. The van der Waals surface area contributed by atoms with Gasteiger partial charge < -0.3 is 25.6 Å². The number of nitrogens with one attached hydrogen (secondary N) is 2. The van der Waals surface area contributed by atoms with Gasteiger partial charge in [-0.25, -0.2) is 9.59 Å². The molecule has 0 saturated carbocycles. The molecule has 1 aliphatic heterocycles. The van der Waals surface area contributed by atoms with Crippen LogP contribution in [0, 0.1) is 0 Å². The molecule has 0 saturated heterocycles. The van der Waals surface area contributed by atoms with Gasteiger partial charge in [-0.1, -0.05) is 18.2 Å². The zero-order valence-electron chi connectivity index (χ0n) is 17.3. The topological polar surface area (TPSA) is 125 Å². The maximum absolute atomic E-state index is 12.3. The van der Waals surface area contributed by atoms with Crippen molar-refractivity contribution < 1.29 is 29.3 Å². The molecule has 0 fully saturated rings. The highest BCUT2D eigenvalue weighted by Crippen LogP contribution is 2.36. The molecule has 2 aromatic rings. The van der Waals surface area contributed by atoms with Crippen molar-refractivity contribution in [2.75, 3.05) is 18.2 Å². The molecule has 0 aliphatic carbocycles. The molecule has 166 valence electrons. The van der Waals surface area contributed by atoms with Crippen LogP contribution in [0.1, 0.15) is 31.4 Å². The molecule has 31 heavy (non-hydrogen) atoms. The van der Waals surface area contributed by atoms with Gasteiger partial charge >= 0.3 is 11.9 Å².